The van der Waals surface area contributed by atoms with Crippen molar-refractivity contribution < 1.29 is 9.47 Å². The number of ether oxygens (including phenoxy) is 2. The van der Waals surface area contributed by atoms with Crippen LogP contribution >= 0.6 is 24.0 Å². The first kappa shape index (κ1) is 27.1. The number of hydrogen-bond acceptors (Lipinski definition) is 4. The Morgan fingerprint density at radius 2 is 1.83 bits per heavy atom. The Morgan fingerprint density at radius 3 is 2.43 bits per heavy atom. The number of benzene rings is 1. The third-order valence-corrected chi connectivity index (χ3v) is 5.11. The minimum Gasteiger partial charge on any atom is -0.379 e. The predicted octanol–water partition coefficient (Wildman–Crippen LogP) is 3.64. The van der Waals surface area contributed by atoms with Gasteiger partial charge in [-0.15, -0.1) is 24.0 Å². The zero-order chi connectivity index (χ0) is 21.3. The fourth-order valence-electron chi connectivity index (χ4n) is 3.43. The fourth-order valence-corrected chi connectivity index (χ4v) is 3.43. The molecule has 7 heteroatoms. The van der Waals surface area contributed by atoms with Gasteiger partial charge >= 0.3 is 0 Å². The molecule has 1 aliphatic rings. The van der Waals surface area contributed by atoms with E-state index >= 15 is 0 Å². The van der Waals surface area contributed by atoms with E-state index < -0.39 is 0 Å². The lowest BCUT2D eigenvalue weighted by Crippen LogP contribution is -2.52. The van der Waals surface area contributed by atoms with Crippen LogP contribution in [0.2, 0.25) is 0 Å². The van der Waals surface area contributed by atoms with Gasteiger partial charge in [-0.2, -0.15) is 0 Å². The molecule has 2 rings (SSSR count). The molecule has 0 amide bonds. The van der Waals surface area contributed by atoms with Crippen LogP contribution < -0.4 is 10.6 Å². The van der Waals surface area contributed by atoms with Gasteiger partial charge in [-0.05, 0) is 37.8 Å². The second-order valence-electron chi connectivity index (χ2n) is 8.99. The molecule has 1 aliphatic heterocycles. The van der Waals surface area contributed by atoms with Gasteiger partial charge in [-0.1, -0.05) is 38.1 Å². The quantitative estimate of drug-likeness (QED) is 0.304. The molecule has 6 nitrogen and oxygen atoms in total. The zero-order valence-corrected chi connectivity index (χ0v) is 21.9. The van der Waals surface area contributed by atoms with Gasteiger partial charge in [-0.3, -0.25) is 9.89 Å². The van der Waals surface area contributed by atoms with Gasteiger partial charge in [0.15, 0.2) is 5.96 Å². The molecule has 172 valence electrons. The van der Waals surface area contributed by atoms with Crippen molar-refractivity contribution in [2.24, 2.45) is 10.9 Å². The number of aliphatic imine (C=N–C) groups is 1. The third kappa shape index (κ3) is 9.94. The minimum atomic E-state index is -0.131. The average molecular weight is 533 g/mol. The zero-order valence-electron chi connectivity index (χ0n) is 19.5. The summed E-state index contributed by atoms with van der Waals surface area (Å²) in [4.78, 5) is 6.92. The molecule has 0 saturated carbocycles. The van der Waals surface area contributed by atoms with Crippen molar-refractivity contribution in [3.05, 3.63) is 35.4 Å². The topological polar surface area (TPSA) is 58.1 Å². The van der Waals surface area contributed by atoms with Gasteiger partial charge in [0.1, 0.15) is 0 Å². The van der Waals surface area contributed by atoms with Gasteiger partial charge in [0.2, 0.25) is 0 Å². The maximum absolute atomic E-state index is 5.89. The van der Waals surface area contributed by atoms with Gasteiger partial charge in [0.05, 0.1) is 25.4 Å². The molecule has 1 atom stereocenters. The molecule has 0 spiro atoms. The van der Waals surface area contributed by atoms with Crippen LogP contribution in [-0.4, -0.2) is 62.4 Å². The molecule has 1 aromatic rings. The van der Waals surface area contributed by atoms with E-state index in [9.17, 15) is 0 Å². The monoisotopic (exact) mass is 532 g/mol. The number of halogens is 1. The molecule has 0 aliphatic carbocycles. The lowest BCUT2D eigenvalue weighted by atomic mass is 10.0. The minimum absolute atomic E-state index is 0. The van der Waals surface area contributed by atoms with E-state index in [1.165, 1.54) is 11.1 Å². The first-order valence-electron chi connectivity index (χ1n) is 10.8. The lowest BCUT2D eigenvalue weighted by molar-refractivity contribution is -0.0149. The molecule has 0 radical (unpaired) electrons. The van der Waals surface area contributed by atoms with Crippen molar-refractivity contribution >= 4 is 29.9 Å². The van der Waals surface area contributed by atoms with Crippen LogP contribution in [-0.2, 0) is 22.6 Å². The summed E-state index contributed by atoms with van der Waals surface area (Å²) in [5.41, 5.74) is 2.28. The molecular weight excluding hydrogens is 491 g/mol. The van der Waals surface area contributed by atoms with Crippen molar-refractivity contribution in [1.82, 2.24) is 15.5 Å². The first-order chi connectivity index (χ1) is 13.8. The van der Waals surface area contributed by atoms with E-state index in [1.54, 1.807) is 0 Å². The number of rotatable bonds is 8. The summed E-state index contributed by atoms with van der Waals surface area (Å²) < 4.78 is 11.4. The molecule has 30 heavy (non-hydrogen) atoms. The Morgan fingerprint density at radius 1 is 1.17 bits per heavy atom. The van der Waals surface area contributed by atoms with Crippen molar-refractivity contribution in [3.8, 4) is 0 Å². The van der Waals surface area contributed by atoms with Gasteiger partial charge < -0.3 is 20.1 Å². The Labute approximate surface area is 200 Å². The summed E-state index contributed by atoms with van der Waals surface area (Å²) in [6.45, 7) is 16.7. The van der Waals surface area contributed by atoms with Crippen LogP contribution in [0.5, 0.6) is 0 Å². The Balaban J connectivity index is 0.00000450. The van der Waals surface area contributed by atoms with Crippen LogP contribution in [0.3, 0.4) is 0 Å². The molecule has 1 saturated heterocycles. The Hall–Kier alpha value is -0.900. The SMILES string of the molecule is CN=C(NCc1cccc(COC(C)(C)C)c1)NCC(C(C)C)N1CCOCC1.I. The summed E-state index contributed by atoms with van der Waals surface area (Å²) in [5.74, 6) is 1.40. The normalized spacial score (nSPS) is 16.8. The maximum Gasteiger partial charge on any atom is 0.191 e. The highest BCUT2D eigenvalue weighted by molar-refractivity contribution is 14.0. The highest BCUT2D eigenvalue weighted by Crippen LogP contribution is 2.14. The molecule has 0 aromatic heterocycles. The summed E-state index contributed by atoms with van der Waals surface area (Å²) in [7, 11) is 1.82. The second kappa shape index (κ2) is 13.5. The highest BCUT2D eigenvalue weighted by Gasteiger charge is 2.23. The van der Waals surface area contributed by atoms with E-state index in [4.69, 9.17) is 9.47 Å². The summed E-state index contributed by atoms with van der Waals surface area (Å²) in [5, 5.41) is 6.95. The van der Waals surface area contributed by atoms with E-state index in [0.717, 1.165) is 45.4 Å². The van der Waals surface area contributed by atoms with Gasteiger partial charge in [0, 0.05) is 39.3 Å². The van der Waals surface area contributed by atoms with Gasteiger partial charge in [-0.25, -0.2) is 0 Å². The largest absolute Gasteiger partial charge is 0.379 e. The van der Waals surface area contributed by atoms with E-state index in [1.807, 2.05) is 7.05 Å². The van der Waals surface area contributed by atoms with Crippen molar-refractivity contribution in [2.75, 3.05) is 39.9 Å². The smallest absolute Gasteiger partial charge is 0.191 e. The fraction of sp³-hybridized carbons (Fsp3) is 0.696. The third-order valence-electron chi connectivity index (χ3n) is 5.11. The molecule has 1 unspecified atom stereocenters. The summed E-state index contributed by atoms with van der Waals surface area (Å²) >= 11 is 0. The van der Waals surface area contributed by atoms with E-state index in [-0.39, 0.29) is 29.6 Å². The molecular formula is C23H41IN4O2. The Bertz CT molecular complexity index is 640. The van der Waals surface area contributed by atoms with Crippen LogP contribution in [0, 0.1) is 5.92 Å². The molecule has 1 aromatic carbocycles. The average Bonchev–Trinajstić information content (AvgIpc) is 2.69. The number of nitrogens with zero attached hydrogens (tertiary/aromatic N) is 2. The number of morpholine rings is 1. The van der Waals surface area contributed by atoms with E-state index in [0.29, 0.717) is 18.6 Å². The number of hydrogen-bond donors (Lipinski definition) is 2. The van der Waals surface area contributed by atoms with Crippen LogP contribution in [0.1, 0.15) is 45.7 Å². The number of guanidine groups is 1. The van der Waals surface area contributed by atoms with Crippen LogP contribution in [0.25, 0.3) is 0 Å². The first-order valence-corrected chi connectivity index (χ1v) is 10.8. The number of nitrogens with one attached hydrogen (secondary N) is 2. The van der Waals surface area contributed by atoms with Crippen LogP contribution in [0.15, 0.2) is 29.3 Å². The van der Waals surface area contributed by atoms with Crippen molar-refractivity contribution in [1.29, 1.82) is 0 Å². The maximum atomic E-state index is 5.89. The predicted molar refractivity (Wildman–Crippen MR) is 136 cm³/mol. The van der Waals surface area contributed by atoms with Gasteiger partial charge in [0.25, 0.3) is 0 Å². The highest BCUT2D eigenvalue weighted by atomic mass is 127. The lowest BCUT2D eigenvalue weighted by Gasteiger charge is -2.37. The molecule has 1 fully saturated rings. The molecule has 2 N–H and O–H groups in total. The van der Waals surface area contributed by atoms with Crippen molar-refractivity contribution in [2.45, 2.75) is 59.4 Å². The van der Waals surface area contributed by atoms with Crippen molar-refractivity contribution in [3.63, 3.8) is 0 Å². The van der Waals surface area contributed by atoms with E-state index in [2.05, 4.69) is 79.4 Å². The second-order valence-corrected chi connectivity index (χ2v) is 8.99. The molecule has 0 bridgehead atoms. The molecule has 1 heterocycles. The Kier molecular flexibility index (Phi) is 12.2. The van der Waals surface area contributed by atoms with Crippen LogP contribution in [0.4, 0.5) is 0 Å². The standard InChI is InChI=1S/C23H40N4O2.HI/c1-18(2)21(27-10-12-28-13-11-27)16-26-22(24-6)25-15-19-8-7-9-20(14-19)17-29-23(3,4)5;/h7-9,14,18,21H,10-13,15-17H2,1-6H3,(H2,24,25,26);1H. The summed E-state index contributed by atoms with van der Waals surface area (Å²) in [6, 6.07) is 8.98. The summed E-state index contributed by atoms with van der Waals surface area (Å²) in [6.07, 6.45) is 0.